The lowest BCUT2D eigenvalue weighted by Crippen LogP contribution is -2.49. The SMILES string of the molecule is CC(Oc1cccc(Br)c1)C(=O)N1CCCC(C(=O)NCCN)C1. The Morgan fingerprint density at radius 2 is 2.29 bits per heavy atom. The van der Waals surface area contributed by atoms with Crippen molar-refractivity contribution < 1.29 is 14.3 Å². The largest absolute Gasteiger partial charge is 0.481 e. The van der Waals surface area contributed by atoms with Crippen molar-refractivity contribution in [3.8, 4) is 5.75 Å². The average Bonchev–Trinajstić information content (AvgIpc) is 2.59. The van der Waals surface area contributed by atoms with Crippen molar-refractivity contribution in [3.05, 3.63) is 28.7 Å². The van der Waals surface area contributed by atoms with Gasteiger partial charge in [0.2, 0.25) is 5.91 Å². The van der Waals surface area contributed by atoms with Crippen LogP contribution in [0.2, 0.25) is 0 Å². The Morgan fingerprint density at radius 3 is 3.00 bits per heavy atom. The van der Waals surface area contributed by atoms with Crippen LogP contribution in [0, 0.1) is 5.92 Å². The van der Waals surface area contributed by atoms with E-state index in [9.17, 15) is 9.59 Å². The van der Waals surface area contributed by atoms with Crippen LogP contribution < -0.4 is 15.8 Å². The van der Waals surface area contributed by atoms with E-state index in [1.165, 1.54) is 0 Å². The Labute approximate surface area is 150 Å². The lowest BCUT2D eigenvalue weighted by atomic mass is 9.96. The molecule has 7 heteroatoms. The van der Waals surface area contributed by atoms with Crippen molar-refractivity contribution in [2.45, 2.75) is 25.9 Å². The molecule has 1 aliphatic heterocycles. The fourth-order valence-corrected chi connectivity index (χ4v) is 3.16. The highest BCUT2D eigenvalue weighted by Gasteiger charge is 2.30. The molecule has 0 spiro atoms. The summed E-state index contributed by atoms with van der Waals surface area (Å²) in [5.41, 5.74) is 5.41. The molecule has 0 saturated carbocycles. The van der Waals surface area contributed by atoms with Crippen molar-refractivity contribution in [1.82, 2.24) is 10.2 Å². The van der Waals surface area contributed by atoms with Gasteiger partial charge in [-0.3, -0.25) is 9.59 Å². The number of carbonyl (C=O) groups is 2. The number of nitrogens with one attached hydrogen (secondary N) is 1. The highest BCUT2D eigenvalue weighted by atomic mass is 79.9. The van der Waals surface area contributed by atoms with Crippen molar-refractivity contribution in [1.29, 1.82) is 0 Å². The molecule has 1 fully saturated rings. The lowest BCUT2D eigenvalue weighted by molar-refractivity contribution is -0.141. The third-order valence-electron chi connectivity index (χ3n) is 4.00. The molecule has 1 aliphatic rings. The maximum Gasteiger partial charge on any atom is 0.263 e. The van der Waals surface area contributed by atoms with E-state index < -0.39 is 6.10 Å². The lowest BCUT2D eigenvalue weighted by Gasteiger charge is -2.33. The summed E-state index contributed by atoms with van der Waals surface area (Å²) in [6, 6.07) is 7.39. The molecule has 0 aliphatic carbocycles. The normalized spacial score (nSPS) is 18.8. The topological polar surface area (TPSA) is 84.7 Å². The molecule has 1 saturated heterocycles. The molecule has 24 heavy (non-hydrogen) atoms. The van der Waals surface area contributed by atoms with E-state index in [0.29, 0.717) is 31.9 Å². The maximum absolute atomic E-state index is 12.6. The Morgan fingerprint density at radius 1 is 1.50 bits per heavy atom. The van der Waals surface area contributed by atoms with Gasteiger partial charge in [-0.05, 0) is 38.0 Å². The minimum atomic E-state index is -0.592. The maximum atomic E-state index is 12.6. The van der Waals surface area contributed by atoms with Gasteiger partial charge in [0.15, 0.2) is 6.10 Å². The molecule has 3 N–H and O–H groups in total. The molecule has 1 heterocycles. The molecule has 2 amide bonds. The van der Waals surface area contributed by atoms with Gasteiger partial charge in [0, 0.05) is 30.7 Å². The number of likely N-dealkylation sites (tertiary alicyclic amines) is 1. The number of piperidine rings is 1. The molecule has 0 radical (unpaired) electrons. The Kier molecular flexibility index (Phi) is 7.05. The van der Waals surface area contributed by atoms with E-state index in [-0.39, 0.29) is 17.7 Å². The van der Waals surface area contributed by atoms with E-state index in [2.05, 4.69) is 21.2 Å². The zero-order valence-corrected chi connectivity index (χ0v) is 15.4. The molecule has 2 atom stereocenters. The first-order valence-electron chi connectivity index (χ1n) is 8.20. The van der Waals surface area contributed by atoms with Gasteiger partial charge in [-0.2, -0.15) is 0 Å². The van der Waals surface area contributed by atoms with Gasteiger partial charge in [0.05, 0.1) is 5.92 Å². The molecule has 0 bridgehead atoms. The monoisotopic (exact) mass is 397 g/mol. The van der Waals surface area contributed by atoms with E-state index in [0.717, 1.165) is 17.3 Å². The summed E-state index contributed by atoms with van der Waals surface area (Å²) >= 11 is 3.38. The van der Waals surface area contributed by atoms with Crippen LogP contribution in [0.25, 0.3) is 0 Å². The van der Waals surface area contributed by atoms with Crippen LogP contribution in [0.15, 0.2) is 28.7 Å². The van der Waals surface area contributed by atoms with Gasteiger partial charge < -0.3 is 20.7 Å². The fourth-order valence-electron chi connectivity index (χ4n) is 2.78. The van der Waals surface area contributed by atoms with E-state index in [4.69, 9.17) is 10.5 Å². The number of carbonyl (C=O) groups excluding carboxylic acids is 2. The summed E-state index contributed by atoms with van der Waals surface area (Å²) in [6.45, 7) is 3.71. The fraction of sp³-hybridized carbons (Fsp3) is 0.529. The predicted octanol–water partition coefficient (Wildman–Crippen LogP) is 1.53. The minimum absolute atomic E-state index is 0.0292. The molecule has 0 aromatic heterocycles. The second-order valence-corrected chi connectivity index (χ2v) is 6.84. The van der Waals surface area contributed by atoms with Crippen LogP contribution in [-0.2, 0) is 9.59 Å². The number of nitrogens with zero attached hydrogens (tertiary/aromatic N) is 1. The number of nitrogens with two attached hydrogens (primary N) is 1. The molecular weight excluding hydrogens is 374 g/mol. The summed E-state index contributed by atoms with van der Waals surface area (Å²) < 4.78 is 6.63. The van der Waals surface area contributed by atoms with E-state index in [1.54, 1.807) is 11.8 Å². The second-order valence-electron chi connectivity index (χ2n) is 5.92. The summed E-state index contributed by atoms with van der Waals surface area (Å²) in [4.78, 5) is 26.4. The predicted molar refractivity (Wildman–Crippen MR) is 95.6 cm³/mol. The molecule has 6 nitrogen and oxygen atoms in total. The number of rotatable bonds is 6. The highest BCUT2D eigenvalue weighted by Crippen LogP contribution is 2.21. The van der Waals surface area contributed by atoms with Crippen LogP contribution in [0.1, 0.15) is 19.8 Å². The first-order chi connectivity index (χ1) is 11.5. The van der Waals surface area contributed by atoms with Gasteiger partial charge in [-0.1, -0.05) is 22.0 Å². The second kappa shape index (κ2) is 9.03. The number of hydrogen-bond acceptors (Lipinski definition) is 4. The zero-order valence-electron chi connectivity index (χ0n) is 13.8. The van der Waals surface area contributed by atoms with Crippen molar-refractivity contribution in [3.63, 3.8) is 0 Å². The Bertz CT molecular complexity index is 582. The van der Waals surface area contributed by atoms with Crippen LogP contribution in [0.5, 0.6) is 5.75 Å². The van der Waals surface area contributed by atoms with E-state index >= 15 is 0 Å². The first kappa shape index (κ1) is 18.7. The quantitative estimate of drug-likeness (QED) is 0.761. The first-order valence-corrected chi connectivity index (χ1v) is 8.99. The molecule has 1 aromatic carbocycles. The third kappa shape index (κ3) is 5.21. The van der Waals surface area contributed by atoms with Crippen molar-refractivity contribution >= 4 is 27.7 Å². The van der Waals surface area contributed by atoms with Gasteiger partial charge in [-0.15, -0.1) is 0 Å². The summed E-state index contributed by atoms with van der Waals surface area (Å²) in [5, 5.41) is 2.80. The number of hydrogen-bond donors (Lipinski definition) is 2. The van der Waals surface area contributed by atoms with Gasteiger partial charge in [-0.25, -0.2) is 0 Å². The van der Waals surface area contributed by atoms with Crippen LogP contribution in [-0.4, -0.2) is 49.0 Å². The standard InChI is InChI=1S/C17H24BrN3O3/c1-12(24-15-6-2-5-14(18)10-15)17(23)21-9-3-4-13(11-21)16(22)20-8-7-19/h2,5-6,10,12-13H,3-4,7-9,11,19H2,1H3,(H,20,22). The summed E-state index contributed by atoms with van der Waals surface area (Å²) in [5.74, 6) is 0.344. The summed E-state index contributed by atoms with van der Waals surface area (Å²) in [6.07, 6.45) is 1.02. The molecule has 2 unspecified atom stereocenters. The van der Waals surface area contributed by atoms with Gasteiger partial charge in [0.25, 0.3) is 5.91 Å². The summed E-state index contributed by atoms with van der Waals surface area (Å²) in [7, 11) is 0. The van der Waals surface area contributed by atoms with Gasteiger partial charge >= 0.3 is 0 Å². The van der Waals surface area contributed by atoms with Crippen LogP contribution >= 0.6 is 15.9 Å². The zero-order chi connectivity index (χ0) is 17.5. The molecule has 2 rings (SSSR count). The van der Waals surface area contributed by atoms with Crippen LogP contribution in [0.3, 0.4) is 0 Å². The smallest absolute Gasteiger partial charge is 0.263 e. The van der Waals surface area contributed by atoms with E-state index in [1.807, 2.05) is 24.3 Å². The van der Waals surface area contributed by atoms with Crippen molar-refractivity contribution in [2.24, 2.45) is 11.7 Å². The molecule has 1 aromatic rings. The highest BCUT2D eigenvalue weighted by molar-refractivity contribution is 9.10. The Hall–Kier alpha value is -1.60. The number of halogens is 1. The minimum Gasteiger partial charge on any atom is -0.481 e. The van der Waals surface area contributed by atoms with Gasteiger partial charge in [0.1, 0.15) is 5.75 Å². The van der Waals surface area contributed by atoms with Crippen LogP contribution in [0.4, 0.5) is 0 Å². The average molecular weight is 398 g/mol. The Balaban J connectivity index is 1.92. The molecule has 132 valence electrons. The number of ether oxygens (including phenoxy) is 1. The third-order valence-corrected chi connectivity index (χ3v) is 4.50. The molecular formula is C17H24BrN3O3. The number of amides is 2. The van der Waals surface area contributed by atoms with Crippen molar-refractivity contribution in [2.75, 3.05) is 26.2 Å². The number of benzene rings is 1.